The van der Waals surface area contributed by atoms with Crippen molar-refractivity contribution in [3.63, 3.8) is 0 Å². The maximum absolute atomic E-state index is 15.3. The van der Waals surface area contributed by atoms with Gasteiger partial charge in [-0.3, -0.25) is 4.90 Å². The Balaban J connectivity index is 1.50. The summed E-state index contributed by atoms with van der Waals surface area (Å²) in [7, 11) is 2.07. The van der Waals surface area contributed by atoms with Gasteiger partial charge in [-0.2, -0.15) is 13.2 Å². The number of halogens is 5. The molecule has 0 aromatic heterocycles. The Morgan fingerprint density at radius 3 is 2.36 bits per heavy atom. The lowest BCUT2D eigenvalue weighted by atomic mass is 9.95. The van der Waals surface area contributed by atoms with Crippen molar-refractivity contribution in [2.24, 2.45) is 0 Å². The third-order valence-corrected chi connectivity index (χ3v) is 9.26. The van der Waals surface area contributed by atoms with Crippen LogP contribution in [0.5, 0.6) is 0 Å². The highest BCUT2D eigenvalue weighted by Crippen LogP contribution is 2.40. The Morgan fingerprint density at radius 1 is 1.00 bits per heavy atom. The second-order valence-electron chi connectivity index (χ2n) is 12.5. The van der Waals surface area contributed by atoms with E-state index in [1.165, 1.54) is 18.7 Å². The lowest BCUT2D eigenvalue weighted by molar-refractivity contribution is -0.0893. The molecule has 0 radical (unpaired) electrons. The fourth-order valence-corrected chi connectivity index (χ4v) is 6.44. The first kappa shape index (κ1) is 32.8. The van der Waals surface area contributed by atoms with Gasteiger partial charge in [-0.15, -0.1) is 0 Å². The average molecular weight is 628 g/mol. The number of nitrogens with one attached hydrogen (secondary N) is 3. The molecule has 2 aliphatic heterocycles. The Kier molecular flexibility index (Phi) is 9.74. The van der Waals surface area contributed by atoms with Crippen LogP contribution in [0.4, 0.5) is 33.3 Å². The van der Waals surface area contributed by atoms with Gasteiger partial charge in [0, 0.05) is 78.1 Å². The highest BCUT2D eigenvalue weighted by molar-refractivity contribution is 5.81. The third-order valence-electron chi connectivity index (χ3n) is 9.26. The third kappa shape index (κ3) is 7.44. The highest BCUT2D eigenvalue weighted by Gasteiger charge is 2.38. The van der Waals surface area contributed by atoms with Crippen molar-refractivity contribution in [1.29, 1.82) is 0 Å². The quantitative estimate of drug-likeness (QED) is 0.259. The molecule has 1 saturated carbocycles. The van der Waals surface area contributed by atoms with Crippen LogP contribution in [0.15, 0.2) is 78.3 Å². The topological polar surface area (TPSA) is 42.6 Å². The summed E-state index contributed by atoms with van der Waals surface area (Å²) in [5, 5.41) is 9.29. The molecule has 0 bridgehead atoms. The predicted octanol–water partition coefficient (Wildman–Crippen LogP) is 8.00. The van der Waals surface area contributed by atoms with E-state index >= 15 is 4.39 Å². The summed E-state index contributed by atoms with van der Waals surface area (Å²) in [5.41, 5.74) is 1.36. The number of benzene rings is 2. The first-order valence-electron chi connectivity index (χ1n) is 15.6. The van der Waals surface area contributed by atoms with Crippen molar-refractivity contribution < 1.29 is 22.0 Å². The SMILES string of the molecule is C=C1C=C(C(F)(F)F)C(C(=C)Nc2cc(-c3cc(CNC4CCCCC4)c(F)cc3F)ccc2N2CC(C)N(C)C(C)C2)=CN1. The van der Waals surface area contributed by atoms with Crippen LogP contribution in [0.25, 0.3) is 11.1 Å². The fraction of sp³-hybridized carbons (Fsp3) is 0.429. The molecule has 10 heteroatoms. The van der Waals surface area contributed by atoms with Gasteiger partial charge in [0.2, 0.25) is 0 Å². The number of alkyl halides is 3. The van der Waals surface area contributed by atoms with E-state index in [1.807, 2.05) is 6.07 Å². The number of rotatable bonds is 8. The van der Waals surface area contributed by atoms with E-state index in [1.54, 1.807) is 12.1 Å². The maximum Gasteiger partial charge on any atom is 0.417 e. The van der Waals surface area contributed by atoms with Gasteiger partial charge >= 0.3 is 6.18 Å². The molecule has 0 spiro atoms. The number of hydrogen-bond donors (Lipinski definition) is 3. The van der Waals surface area contributed by atoms with Crippen LogP contribution in [-0.4, -0.2) is 49.3 Å². The zero-order valence-corrected chi connectivity index (χ0v) is 26.1. The van der Waals surface area contributed by atoms with E-state index in [0.29, 0.717) is 35.9 Å². The second-order valence-corrected chi connectivity index (χ2v) is 12.5. The van der Waals surface area contributed by atoms with Crippen molar-refractivity contribution in [2.75, 3.05) is 30.4 Å². The van der Waals surface area contributed by atoms with Crippen molar-refractivity contribution >= 4 is 11.4 Å². The number of dihydropyridines is 1. The highest BCUT2D eigenvalue weighted by atomic mass is 19.4. The summed E-state index contributed by atoms with van der Waals surface area (Å²) in [6.07, 6.45) is 3.08. The van der Waals surface area contributed by atoms with E-state index < -0.39 is 23.4 Å². The summed E-state index contributed by atoms with van der Waals surface area (Å²) in [6.45, 7) is 13.4. The maximum atomic E-state index is 15.3. The molecule has 2 aromatic carbocycles. The molecule has 3 N–H and O–H groups in total. The van der Waals surface area contributed by atoms with Crippen molar-refractivity contribution in [1.82, 2.24) is 15.5 Å². The first-order valence-corrected chi connectivity index (χ1v) is 15.6. The van der Waals surface area contributed by atoms with Crippen molar-refractivity contribution in [3.05, 3.63) is 95.5 Å². The summed E-state index contributed by atoms with van der Waals surface area (Å²) >= 11 is 0. The lowest BCUT2D eigenvalue weighted by Crippen LogP contribution is -2.55. The first-order chi connectivity index (χ1) is 21.3. The van der Waals surface area contributed by atoms with Crippen molar-refractivity contribution in [2.45, 2.75) is 76.8 Å². The van der Waals surface area contributed by atoms with E-state index in [0.717, 1.165) is 43.5 Å². The van der Waals surface area contributed by atoms with Crippen LogP contribution < -0.4 is 20.9 Å². The molecule has 242 valence electrons. The zero-order chi connectivity index (χ0) is 32.5. The van der Waals surface area contributed by atoms with Gasteiger partial charge in [-0.05, 0) is 63.6 Å². The molecule has 0 amide bonds. The van der Waals surface area contributed by atoms with Crippen LogP contribution in [0.3, 0.4) is 0 Å². The number of anilines is 2. The van der Waals surface area contributed by atoms with Gasteiger partial charge in [0.05, 0.1) is 16.9 Å². The minimum absolute atomic E-state index is 0.0177. The van der Waals surface area contributed by atoms with E-state index in [2.05, 4.69) is 59.8 Å². The van der Waals surface area contributed by atoms with Crippen LogP contribution in [-0.2, 0) is 6.54 Å². The number of hydrogen-bond acceptors (Lipinski definition) is 5. The molecule has 2 heterocycles. The van der Waals surface area contributed by atoms with Crippen LogP contribution in [0.1, 0.15) is 51.5 Å². The Hall–Kier alpha value is -3.63. The molecular weight excluding hydrogens is 585 g/mol. The molecule has 2 atom stereocenters. The summed E-state index contributed by atoms with van der Waals surface area (Å²) in [4.78, 5) is 4.45. The number of allylic oxidation sites excluding steroid dienone is 2. The monoisotopic (exact) mass is 627 g/mol. The molecule has 2 unspecified atom stereocenters. The Labute approximate surface area is 262 Å². The number of nitrogens with zero attached hydrogens (tertiary/aromatic N) is 2. The minimum atomic E-state index is -4.63. The molecule has 2 fully saturated rings. The summed E-state index contributed by atoms with van der Waals surface area (Å²) in [6, 6.07) is 8.49. The second kappa shape index (κ2) is 13.4. The van der Waals surface area contributed by atoms with Crippen molar-refractivity contribution in [3.8, 4) is 11.1 Å². The van der Waals surface area contributed by atoms with Gasteiger partial charge in [-0.1, -0.05) is 38.5 Å². The Bertz CT molecular complexity index is 1490. The molecule has 2 aromatic rings. The molecule has 1 saturated heterocycles. The molecular formula is C35H42F5N5. The normalized spacial score (nSPS) is 21.7. The van der Waals surface area contributed by atoms with Gasteiger partial charge in [0.25, 0.3) is 0 Å². The van der Waals surface area contributed by atoms with Gasteiger partial charge in [-0.25, -0.2) is 8.78 Å². The predicted molar refractivity (Wildman–Crippen MR) is 172 cm³/mol. The van der Waals surface area contributed by atoms with E-state index in [9.17, 15) is 17.6 Å². The van der Waals surface area contributed by atoms with Crippen LogP contribution >= 0.6 is 0 Å². The molecule has 3 aliphatic rings. The van der Waals surface area contributed by atoms with Crippen LogP contribution in [0.2, 0.25) is 0 Å². The Morgan fingerprint density at radius 2 is 1.69 bits per heavy atom. The van der Waals surface area contributed by atoms with E-state index in [-0.39, 0.29) is 41.2 Å². The zero-order valence-electron chi connectivity index (χ0n) is 26.1. The molecule has 45 heavy (non-hydrogen) atoms. The van der Waals surface area contributed by atoms with Gasteiger partial charge < -0.3 is 20.9 Å². The molecule has 1 aliphatic carbocycles. The van der Waals surface area contributed by atoms with Gasteiger partial charge in [0.1, 0.15) is 11.6 Å². The number of piperazine rings is 1. The standard InChI is InChI=1S/C35H42F5N5/c1-21-13-30(35(38,39)40)29(18-41-21)24(4)43-33-15-25(11-12-34(33)45-19-22(2)44(5)23(3)20-45)28-14-26(31(36)16-32(28)37)17-42-27-9-7-6-8-10-27/h11-16,18,22-23,27,41-43H,1,4,6-10,17,19-20H2,2-3,5H3. The van der Waals surface area contributed by atoms with Crippen LogP contribution in [0, 0.1) is 11.6 Å². The molecule has 5 nitrogen and oxygen atoms in total. The molecule has 5 rings (SSSR count). The lowest BCUT2D eigenvalue weighted by Gasteiger charge is -2.44. The van der Waals surface area contributed by atoms with Gasteiger partial charge in [0.15, 0.2) is 0 Å². The van der Waals surface area contributed by atoms with E-state index in [4.69, 9.17) is 0 Å². The smallest absolute Gasteiger partial charge is 0.367 e. The summed E-state index contributed by atoms with van der Waals surface area (Å²) < 4.78 is 72.2. The largest absolute Gasteiger partial charge is 0.417 e. The number of likely N-dealkylation sites (N-methyl/N-ethyl adjacent to an activating group) is 1. The minimum Gasteiger partial charge on any atom is -0.367 e. The average Bonchev–Trinajstić information content (AvgIpc) is 2.99. The fourth-order valence-electron chi connectivity index (χ4n) is 6.44. The summed E-state index contributed by atoms with van der Waals surface area (Å²) in [5.74, 6) is -1.33.